The van der Waals surface area contributed by atoms with Gasteiger partial charge in [0.2, 0.25) is 5.82 Å². The molecule has 1 unspecified atom stereocenters. The van der Waals surface area contributed by atoms with Gasteiger partial charge in [0, 0.05) is 18.7 Å². The second-order valence-electron chi connectivity index (χ2n) is 7.95. The zero-order valence-corrected chi connectivity index (χ0v) is 18.4. The maximum Gasteiger partial charge on any atom is 0.416 e. The van der Waals surface area contributed by atoms with E-state index in [0.717, 1.165) is 24.1 Å². The molecule has 1 aliphatic rings. The van der Waals surface area contributed by atoms with Gasteiger partial charge < -0.3 is 16.1 Å². The van der Waals surface area contributed by atoms with Crippen molar-refractivity contribution in [1.82, 2.24) is 9.97 Å². The second kappa shape index (κ2) is 10.0. The molecular formula is C23H22F4N8. The molecule has 4 rings (SSSR count). The van der Waals surface area contributed by atoms with Crippen LogP contribution in [0.15, 0.2) is 65.2 Å². The fourth-order valence-electron chi connectivity index (χ4n) is 4.03. The molecule has 1 saturated heterocycles. The summed E-state index contributed by atoms with van der Waals surface area (Å²) in [6.45, 7) is 0.786. The quantitative estimate of drug-likeness (QED) is 0.110. The average Bonchev–Trinajstić information content (AvgIpc) is 3.33. The van der Waals surface area contributed by atoms with Gasteiger partial charge >= 0.3 is 6.18 Å². The van der Waals surface area contributed by atoms with Gasteiger partial charge in [-0.3, -0.25) is 5.41 Å². The number of amidine groups is 1. The minimum absolute atomic E-state index is 0.0156. The van der Waals surface area contributed by atoms with E-state index >= 15 is 4.39 Å². The lowest BCUT2D eigenvalue weighted by Gasteiger charge is -2.27. The summed E-state index contributed by atoms with van der Waals surface area (Å²) in [6.07, 6.45) is -1.73. The topological polar surface area (TPSA) is 116 Å². The summed E-state index contributed by atoms with van der Waals surface area (Å²) in [6, 6.07) is 11.5. The number of nitrogens with zero attached hydrogens (tertiary/aromatic N) is 5. The van der Waals surface area contributed by atoms with Crippen molar-refractivity contribution in [3.63, 3.8) is 0 Å². The van der Waals surface area contributed by atoms with Crippen LogP contribution >= 0.6 is 0 Å². The predicted molar refractivity (Wildman–Crippen MR) is 122 cm³/mol. The normalized spacial score (nSPS) is 16.1. The Morgan fingerprint density at radius 3 is 2.49 bits per heavy atom. The van der Waals surface area contributed by atoms with Crippen LogP contribution in [0.2, 0.25) is 0 Å². The Labute approximate surface area is 198 Å². The maximum atomic E-state index is 15.4. The van der Waals surface area contributed by atoms with E-state index in [-0.39, 0.29) is 30.1 Å². The van der Waals surface area contributed by atoms with Gasteiger partial charge in [-0.2, -0.15) is 17.6 Å². The Morgan fingerprint density at radius 2 is 1.83 bits per heavy atom. The third-order valence-corrected chi connectivity index (χ3v) is 5.76. The Balaban J connectivity index is 1.49. The number of alkyl halides is 3. The van der Waals surface area contributed by atoms with Gasteiger partial charge in [0.1, 0.15) is 6.33 Å². The summed E-state index contributed by atoms with van der Waals surface area (Å²) in [4.78, 5) is 9.89. The first kappa shape index (κ1) is 24.0. The van der Waals surface area contributed by atoms with E-state index < -0.39 is 17.6 Å². The van der Waals surface area contributed by atoms with Gasteiger partial charge in [0.25, 0.3) is 0 Å². The number of rotatable bonds is 6. The third-order valence-electron chi connectivity index (χ3n) is 5.76. The molecule has 0 spiro atoms. The van der Waals surface area contributed by atoms with E-state index in [1.165, 1.54) is 18.5 Å². The van der Waals surface area contributed by atoms with E-state index in [4.69, 9.17) is 11.3 Å². The number of halogens is 4. The predicted octanol–water partition coefficient (Wildman–Crippen LogP) is 5.24. The zero-order chi connectivity index (χ0) is 25.0. The van der Waals surface area contributed by atoms with Crippen LogP contribution in [0.5, 0.6) is 0 Å². The van der Waals surface area contributed by atoms with Crippen LogP contribution in [0.4, 0.5) is 29.2 Å². The van der Waals surface area contributed by atoms with Crippen molar-refractivity contribution in [2.45, 2.75) is 31.6 Å². The van der Waals surface area contributed by atoms with Crippen LogP contribution in [0.3, 0.4) is 0 Å². The number of nitrogens with two attached hydrogens (primary N) is 1. The summed E-state index contributed by atoms with van der Waals surface area (Å²) in [7, 11) is 0. The molecule has 1 fully saturated rings. The van der Waals surface area contributed by atoms with Crippen LogP contribution in [-0.2, 0) is 12.7 Å². The van der Waals surface area contributed by atoms with Gasteiger partial charge in [0.15, 0.2) is 17.5 Å². The van der Waals surface area contributed by atoms with E-state index in [0.29, 0.717) is 24.1 Å². The molecule has 12 heteroatoms. The van der Waals surface area contributed by atoms with Gasteiger partial charge in [-0.05, 0) is 36.1 Å². The van der Waals surface area contributed by atoms with Gasteiger partial charge in [-0.25, -0.2) is 9.97 Å². The van der Waals surface area contributed by atoms with Crippen LogP contribution in [0.1, 0.15) is 41.1 Å². The van der Waals surface area contributed by atoms with Crippen molar-refractivity contribution >= 4 is 17.5 Å². The molecule has 3 aromatic rings. The molecular weight excluding hydrogens is 464 g/mol. The van der Waals surface area contributed by atoms with Crippen molar-refractivity contribution in [1.29, 1.82) is 5.41 Å². The molecule has 0 amide bonds. The molecule has 0 aliphatic carbocycles. The third kappa shape index (κ3) is 5.36. The lowest BCUT2D eigenvalue weighted by Crippen LogP contribution is -2.25. The standard InChI is InChI=1S/C23H22F4N8/c24-19-21(30-12-14-3-5-16(6-4-14)20(28)33-34-29)31-13-32-22(19)35-11-1-2-18(35)15-7-9-17(10-8-15)23(25,26)27/h3-10,13,18H,1-2,11-12H2,(H3,28,29,33)(H,30,31,32). The Bertz CT molecular complexity index is 1210. The Morgan fingerprint density at radius 1 is 1.11 bits per heavy atom. The lowest BCUT2D eigenvalue weighted by molar-refractivity contribution is -0.137. The highest BCUT2D eigenvalue weighted by atomic mass is 19.4. The highest BCUT2D eigenvalue weighted by Gasteiger charge is 2.33. The van der Waals surface area contributed by atoms with Crippen LogP contribution < -0.4 is 16.1 Å². The molecule has 0 bridgehead atoms. The molecule has 1 aliphatic heterocycles. The largest absolute Gasteiger partial charge is 0.416 e. The van der Waals surface area contributed by atoms with E-state index in [1.807, 2.05) is 0 Å². The van der Waals surface area contributed by atoms with Crippen molar-refractivity contribution in [2.24, 2.45) is 16.2 Å². The van der Waals surface area contributed by atoms with Gasteiger partial charge in [0.05, 0.1) is 11.6 Å². The highest BCUT2D eigenvalue weighted by Crippen LogP contribution is 2.38. The van der Waals surface area contributed by atoms with E-state index in [2.05, 4.69) is 25.6 Å². The molecule has 8 nitrogen and oxygen atoms in total. The van der Waals surface area contributed by atoms with Crippen molar-refractivity contribution < 1.29 is 17.6 Å². The Kier molecular flexibility index (Phi) is 6.90. The SMILES string of the molecule is N=C(N=NN)c1ccc(CNc2ncnc(N3CCCC3c3ccc(C(F)(F)F)cc3)c2F)cc1. The molecule has 4 N–H and O–H groups in total. The average molecular weight is 486 g/mol. The fourth-order valence-corrected chi connectivity index (χ4v) is 4.03. The molecule has 1 aromatic heterocycles. The summed E-state index contributed by atoms with van der Waals surface area (Å²) in [5, 5.41) is 17.2. The first-order chi connectivity index (χ1) is 16.8. The van der Waals surface area contributed by atoms with Crippen LogP contribution in [0.25, 0.3) is 0 Å². The summed E-state index contributed by atoms with van der Waals surface area (Å²) in [5.41, 5.74) is 1.29. The molecule has 0 radical (unpaired) electrons. The molecule has 0 saturated carbocycles. The highest BCUT2D eigenvalue weighted by molar-refractivity contribution is 5.96. The molecule has 35 heavy (non-hydrogen) atoms. The van der Waals surface area contributed by atoms with Crippen molar-refractivity contribution in [3.05, 3.63) is 82.9 Å². The second-order valence-corrected chi connectivity index (χ2v) is 7.95. The lowest BCUT2D eigenvalue weighted by atomic mass is 10.0. The first-order valence-electron chi connectivity index (χ1n) is 10.7. The Hall–Kier alpha value is -4.09. The molecule has 2 aromatic carbocycles. The molecule has 182 valence electrons. The number of hydrogen-bond donors (Lipinski definition) is 3. The number of anilines is 2. The molecule has 2 heterocycles. The summed E-state index contributed by atoms with van der Waals surface area (Å²) < 4.78 is 54.1. The molecule has 1 atom stereocenters. The van der Waals surface area contributed by atoms with E-state index in [1.54, 1.807) is 29.2 Å². The number of benzene rings is 2. The minimum Gasteiger partial charge on any atom is -0.363 e. The number of nitrogens with one attached hydrogen (secondary N) is 2. The summed E-state index contributed by atoms with van der Waals surface area (Å²) in [5.74, 6) is 4.36. The maximum absolute atomic E-state index is 15.4. The smallest absolute Gasteiger partial charge is 0.363 e. The van der Waals surface area contributed by atoms with Crippen LogP contribution in [0, 0.1) is 11.2 Å². The van der Waals surface area contributed by atoms with Gasteiger partial charge in [-0.15, -0.1) is 5.11 Å². The number of aromatic nitrogens is 2. The first-order valence-corrected chi connectivity index (χ1v) is 10.7. The van der Waals surface area contributed by atoms with E-state index in [9.17, 15) is 13.2 Å². The zero-order valence-electron chi connectivity index (χ0n) is 18.4. The minimum atomic E-state index is -4.41. The van der Waals surface area contributed by atoms with Crippen molar-refractivity contribution in [3.8, 4) is 0 Å². The summed E-state index contributed by atoms with van der Waals surface area (Å²) >= 11 is 0. The number of hydrogen-bond acceptors (Lipinski definition) is 6. The van der Waals surface area contributed by atoms with Gasteiger partial charge in [-0.1, -0.05) is 41.6 Å². The van der Waals surface area contributed by atoms with Crippen LogP contribution in [-0.4, -0.2) is 22.3 Å². The van der Waals surface area contributed by atoms with Crippen molar-refractivity contribution in [2.75, 3.05) is 16.8 Å². The fraction of sp³-hybridized carbons (Fsp3) is 0.261. The monoisotopic (exact) mass is 486 g/mol.